The van der Waals surface area contributed by atoms with Crippen LogP contribution in [0.4, 0.5) is 0 Å². The first kappa shape index (κ1) is 11.7. The fraction of sp³-hybridized carbons (Fsp3) is 1.00. The van der Waals surface area contributed by atoms with Gasteiger partial charge in [0.05, 0.1) is 5.60 Å². The molecule has 3 unspecified atom stereocenters. The average molecular weight is 231 g/mol. The number of ether oxygens (including phenoxy) is 1. The lowest BCUT2D eigenvalue weighted by Gasteiger charge is -2.41. The Labute approximate surface area is 98.5 Å². The Morgan fingerprint density at radius 1 is 1.27 bits per heavy atom. The Kier molecular flexibility index (Phi) is 3.62. The highest BCUT2D eigenvalue weighted by Crippen LogP contribution is 2.44. The van der Waals surface area contributed by atoms with Crippen molar-refractivity contribution < 1.29 is 4.74 Å². The molecule has 1 nitrogen and oxygen atoms in total. The fourth-order valence-corrected chi connectivity index (χ4v) is 3.46. The van der Waals surface area contributed by atoms with Gasteiger partial charge in [-0.2, -0.15) is 0 Å². The molecule has 1 saturated heterocycles. The summed E-state index contributed by atoms with van der Waals surface area (Å²) in [4.78, 5) is 0. The second-order valence-electron chi connectivity index (χ2n) is 5.53. The van der Waals surface area contributed by atoms with E-state index < -0.39 is 0 Å². The molecule has 2 fully saturated rings. The average Bonchev–Trinajstić information content (AvgIpc) is 2.65. The van der Waals surface area contributed by atoms with E-state index >= 15 is 0 Å². The van der Waals surface area contributed by atoms with Crippen LogP contribution in [0.1, 0.15) is 52.4 Å². The lowest BCUT2D eigenvalue weighted by molar-refractivity contribution is -0.100. The first-order chi connectivity index (χ1) is 7.13. The van der Waals surface area contributed by atoms with Crippen molar-refractivity contribution in [2.24, 2.45) is 11.8 Å². The first-order valence-electron chi connectivity index (χ1n) is 6.41. The summed E-state index contributed by atoms with van der Waals surface area (Å²) in [7, 11) is 0. The van der Waals surface area contributed by atoms with Gasteiger partial charge in [-0.15, -0.1) is 11.6 Å². The van der Waals surface area contributed by atoms with Crippen molar-refractivity contribution in [3.63, 3.8) is 0 Å². The van der Waals surface area contributed by atoms with Gasteiger partial charge >= 0.3 is 0 Å². The topological polar surface area (TPSA) is 9.23 Å². The molecule has 0 amide bonds. The molecule has 0 N–H and O–H groups in total. The van der Waals surface area contributed by atoms with Crippen LogP contribution in [0.2, 0.25) is 0 Å². The molecule has 2 heteroatoms. The molecule has 0 radical (unpaired) electrons. The Balaban J connectivity index is 1.97. The van der Waals surface area contributed by atoms with Crippen molar-refractivity contribution in [3.8, 4) is 0 Å². The van der Waals surface area contributed by atoms with Gasteiger partial charge in [0.25, 0.3) is 0 Å². The minimum atomic E-state index is 0.253. The molecule has 2 rings (SSSR count). The predicted octanol–water partition coefficient (Wildman–Crippen LogP) is 3.99. The number of rotatable bonds is 2. The van der Waals surface area contributed by atoms with E-state index in [9.17, 15) is 0 Å². The zero-order valence-corrected chi connectivity index (χ0v) is 10.7. The molecule has 1 saturated carbocycles. The highest BCUT2D eigenvalue weighted by molar-refractivity contribution is 6.20. The number of halogens is 1. The SMILES string of the molecule is CC(Cl)C(C)C1CCOC2(CCCC2)C1. The van der Waals surface area contributed by atoms with Crippen molar-refractivity contribution in [1.82, 2.24) is 0 Å². The van der Waals surface area contributed by atoms with Crippen molar-refractivity contribution in [3.05, 3.63) is 0 Å². The molecule has 0 aromatic heterocycles. The van der Waals surface area contributed by atoms with Crippen LogP contribution < -0.4 is 0 Å². The molecule has 0 aromatic rings. The van der Waals surface area contributed by atoms with E-state index in [4.69, 9.17) is 16.3 Å². The zero-order valence-electron chi connectivity index (χ0n) is 9.97. The van der Waals surface area contributed by atoms with E-state index in [0.717, 1.165) is 12.5 Å². The monoisotopic (exact) mass is 230 g/mol. The first-order valence-corrected chi connectivity index (χ1v) is 6.85. The van der Waals surface area contributed by atoms with Crippen LogP contribution in [0, 0.1) is 11.8 Å². The maximum Gasteiger partial charge on any atom is 0.0685 e. The van der Waals surface area contributed by atoms with Crippen LogP contribution in [0.3, 0.4) is 0 Å². The van der Waals surface area contributed by atoms with Crippen LogP contribution in [-0.2, 0) is 4.74 Å². The van der Waals surface area contributed by atoms with E-state index in [1.807, 2.05) is 0 Å². The van der Waals surface area contributed by atoms with Crippen LogP contribution in [-0.4, -0.2) is 17.6 Å². The van der Waals surface area contributed by atoms with E-state index in [1.54, 1.807) is 0 Å². The van der Waals surface area contributed by atoms with Crippen molar-refractivity contribution in [2.45, 2.75) is 63.4 Å². The van der Waals surface area contributed by atoms with Gasteiger partial charge in [0.2, 0.25) is 0 Å². The van der Waals surface area contributed by atoms with Gasteiger partial charge in [0, 0.05) is 12.0 Å². The summed E-state index contributed by atoms with van der Waals surface area (Å²) in [6.45, 7) is 5.39. The highest BCUT2D eigenvalue weighted by Gasteiger charge is 2.41. The standard InChI is InChI=1S/C13H23ClO/c1-10(11(2)14)12-5-8-15-13(9-12)6-3-4-7-13/h10-12H,3-9H2,1-2H3. The molecular weight excluding hydrogens is 208 g/mol. The predicted molar refractivity (Wildman–Crippen MR) is 64.4 cm³/mol. The van der Waals surface area contributed by atoms with Gasteiger partial charge in [-0.05, 0) is 44.4 Å². The number of hydrogen-bond donors (Lipinski definition) is 0. The Morgan fingerprint density at radius 3 is 2.53 bits per heavy atom. The van der Waals surface area contributed by atoms with Gasteiger partial charge < -0.3 is 4.74 Å². The maximum absolute atomic E-state index is 6.22. The molecule has 1 spiro atoms. The third-order valence-electron chi connectivity index (χ3n) is 4.51. The summed E-state index contributed by atoms with van der Waals surface area (Å²) >= 11 is 6.22. The minimum Gasteiger partial charge on any atom is -0.375 e. The molecule has 15 heavy (non-hydrogen) atoms. The summed E-state index contributed by atoms with van der Waals surface area (Å²) < 4.78 is 6.04. The number of hydrogen-bond acceptors (Lipinski definition) is 1. The molecule has 0 aromatic carbocycles. The second kappa shape index (κ2) is 4.63. The molecule has 0 bridgehead atoms. The summed E-state index contributed by atoms with van der Waals surface area (Å²) in [5.74, 6) is 1.41. The van der Waals surface area contributed by atoms with Crippen LogP contribution in [0.15, 0.2) is 0 Å². The van der Waals surface area contributed by atoms with Gasteiger partial charge in [0.15, 0.2) is 0 Å². The highest BCUT2D eigenvalue weighted by atomic mass is 35.5. The third kappa shape index (κ3) is 2.50. The van der Waals surface area contributed by atoms with Crippen molar-refractivity contribution >= 4 is 11.6 Å². The lowest BCUT2D eigenvalue weighted by Crippen LogP contribution is -2.40. The molecule has 1 aliphatic carbocycles. The quantitative estimate of drug-likeness (QED) is 0.652. The van der Waals surface area contributed by atoms with Crippen LogP contribution >= 0.6 is 11.6 Å². The zero-order chi connectivity index (χ0) is 10.9. The second-order valence-corrected chi connectivity index (χ2v) is 6.22. The largest absolute Gasteiger partial charge is 0.375 e. The number of alkyl halides is 1. The smallest absolute Gasteiger partial charge is 0.0685 e. The van der Waals surface area contributed by atoms with Crippen LogP contribution in [0.5, 0.6) is 0 Å². The van der Waals surface area contributed by atoms with Gasteiger partial charge in [-0.25, -0.2) is 0 Å². The van der Waals surface area contributed by atoms with Gasteiger partial charge in [0.1, 0.15) is 0 Å². The molecular formula is C13H23ClO. The van der Waals surface area contributed by atoms with E-state index in [2.05, 4.69) is 13.8 Å². The molecule has 1 aliphatic heterocycles. The maximum atomic E-state index is 6.22. The fourth-order valence-electron chi connectivity index (χ4n) is 3.26. The van der Waals surface area contributed by atoms with E-state index in [1.165, 1.54) is 38.5 Å². The lowest BCUT2D eigenvalue weighted by atomic mass is 9.77. The summed E-state index contributed by atoms with van der Waals surface area (Å²) in [5, 5.41) is 0.298. The van der Waals surface area contributed by atoms with Crippen molar-refractivity contribution in [1.29, 1.82) is 0 Å². The normalized spacial score (nSPS) is 34.2. The Hall–Kier alpha value is 0.250. The summed E-state index contributed by atoms with van der Waals surface area (Å²) in [6, 6.07) is 0. The third-order valence-corrected chi connectivity index (χ3v) is 4.91. The minimum absolute atomic E-state index is 0.253. The van der Waals surface area contributed by atoms with Crippen molar-refractivity contribution in [2.75, 3.05) is 6.61 Å². The summed E-state index contributed by atoms with van der Waals surface area (Å²) in [6.07, 6.45) is 7.75. The Bertz CT molecular complexity index is 209. The van der Waals surface area contributed by atoms with Gasteiger partial charge in [-0.3, -0.25) is 0 Å². The molecule has 88 valence electrons. The molecule has 3 atom stereocenters. The van der Waals surface area contributed by atoms with E-state index in [-0.39, 0.29) is 5.60 Å². The molecule has 1 heterocycles. The van der Waals surface area contributed by atoms with Gasteiger partial charge in [-0.1, -0.05) is 19.8 Å². The van der Waals surface area contributed by atoms with Crippen LogP contribution in [0.25, 0.3) is 0 Å². The van der Waals surface area contributed by atoms with E-state index in [0.29, 0.717) is 11.3 Å². The summed E-state index contributed by atoms with van der Waals surface area (Å²) in [5.41, 5.74) is 0.253. The Morgan fingerprint density at radius 2 is 1.93 bits per heavy atom. The molecule has 2 aliphatic rings.